The van der Waals surface area contributed by atoms with Crippen LogP contribution in [-0.4, -0.2) is 48.5 Å². The van der Waals surface area contributed by atoms with Gasteiger partial charge in [-0.2, -0.15) is 0 Å². The Morgan fingerprint density at radius 1 is 1.21 bits per heavy atom. The van der Waals surface area contributed by atoms with Crippen molar-refractivity contribution in [3.05, 3.63) is 29.8 Å². The second-order valence-corrected chi connectivity index (χ2v) is 7.54. The van der Waals surface area contributed by atoms with Crippen LogP contribution in [0.25, 0.3) is 0 Å². The molecule has 0 radical (unpaired) electrons. The number of likely N-dealkylation sites (tertiary alicyclic amines) is 1. The SMILES string of the molecule is CCOC(=O)C1CCN(C(=O)C(NC(=O)Nc2cccc(C)c2)C(C)C)CC1. The Hall–Kier alpha value is -2.57. The molecule has 28 heavy (non-hydrogen) atoms. The number of urea groups is 1. The zero-order valence-corrected chi connectivity index (χ0v) is 17.2. The average molecular weight is 389 g/mol. The van der Waals surface area contributed by atoms with Gasteiger partial charge in [0.1, 0.15) is 6.04 Å². The molecule has 0 saturated carbocycles. The molecule has 1 aliphatic heterocycles. The number of aryl methyl sites for hydroxylation is 1. The minimum Gasteiger partial charge on any atom is -0.466 e. The third-order valence-electron chi connectivity index (χ3n) is 4.92. The molecule has 1 saturated heterocycles. The molecule has 7 nitrogen and oxygen atoms in total. The van der Waals surface area contributed by atoms with Gasteiger partial charge in [-0.25, -0.2) is 4.79 Å². The molecule has 1 heterocycles. The van der Waals surface area contributed by atoms with E-state index in [-0.39, 0.29) is 23.7 Å². The molecule has 0 aliphatic carbocycles. The van der Waals surface area contributed by atoms with Crippen molar-refractivity contribution < 1.29 is 19.1 Å². The van der Waals surface area contributed by atoms with Crippen molar-refractivity contribution in [3.8, 4) is 0 Å². The average Bonchev–Trinajstić information content (AvgIpc) is 2.65. The van der Waals surface area contributed by atoms with Crippen LogP contribution in [0.4, 0.5) is 10.5 Å². The Bertz CT molecular complexity index is 697. The van der Waals surface area contributed by atoms with Crippen molar-refractivity contribution in [3.63, 3.8) is 0 Å². The van der Waals surface area contributed by atoms with E-state index in [9.17, 15) is 14.4 Å². The standard InChI is InChI=1S/C21H31N3O4/c1-5-28-20(26)16-9-11-24(12-10-16)19(25)18(14(2)3)23-21(27)22-17-8-6-7-15(4)13-17/h6-8,13-14,16,18H,5,9-12H2,1-4H3,(H2,22,23,27). The van der Waals surface area contributed by atoms with E-state index in [0.29, 0.717) is 38.2 Å². The molecule has 1 aliphatic rings. The lowest BCUT2D eigenvalue weighted by atomic mass is 9.95. The lowest BCUT2D eigenvalue weighted by molar-refractivity contribution is -0.151. The molecule has 1 aromatic carbocycles. The topological polar surface area (TPSA) is 87.7 Å². The van der Waals surface area contributed by atoms with Gasteiger partial charge in [0.2, 0.25) is 5.91 Å². The Balaban J connectivity index is 1.93. The van der Waals surface area contributed by atoms with Crippen LogP contribution >= 0.6 is 0 Å². The minimum absolute atomic E-state index is 0.0569. The van der Waals surface area contributed by atoms with Crippen LogP contribution in [0.15, 0.2) is 24.3 Å². The number of hydrogen-bond donors (Lipinski definition) is 2. The van der Waals surface area contributed by atoms with Crippen molar-refractivity contribution in [1.82, 2.24) is 10.2 Å². The fraction of sp³-hybridized carbons (Fsp3) is 0.571. The number of esters is 1. The monoisotopic (exact) mass is 389 g/mol. The highest BCUT2D eigenvalue weighted by Gasteiger charge is 2.33. The Morgan fingerprint density at radius 2 is 1.89 bits per heavy atom. The summed E-state index contributed by atoms with van der Waals surface area (Å²) in [5.41, 5.74) is 1.72. The number of amides is 3. The van der Waals surface area contributed by atoms with Crippen LogP contribution in [0.2, 0.25) is 0 Å². The summed E-state index contributed by atoms with van der Waals surface area (Å²) in [6.07, 6.45) is 1.18. The van der Waals surface area contributed by atoms with E-state index in [1.165, 1.54) is 0 Å². The quantitative estimate of drug-likeness (QED) is 0.732. The smallest absolute Gasteiger partial charge is 0.319 e. The second-order valence-electron chi connectivity index (χ2n) is 7.54. The number of piperidine rings is 1. The molecular formula is C21H31N3O4. The molecule has 1 atom stereocenters. The first kappa shape index (κ1) is 21.7. The molecule has 0 spiro atoms. The van der Waals surface area contributed by atoms with E-state index in [4.69, 9.17) is 4.74 Å². The van der Waals surface area contributed by atoms with Gasteiger partial charge >= 0.3 is 12.0 Å². The predicted octanol–water partition coefficient (Wildman–Crippen LogP) is 2.94. The van der Waals surface area contributed by atoms with Crippen molar-refractivity contribution in [1.29, 1.82) is 0 Å². The summed E-state index contributed by atoms with van der Waals surface area (Å²) in [5.74, 6) is -0.514. The number of rotatable bonds is 6. The Morgan fingerprint density at radius 3 is 2.46 bits per heavy atom. The molecule has 2 N–H and O–H groups in total. The molecule has 1 unspecified atom stereocenters. The fourth-order valence-electron chi connectivity index (χ4n) is 3.34. The lowest BCUT2D eigenvalue weighted by Crippen LogP contribution is -2.54. The van der Waals surface area contributed by atoms with Crippen molar-refractivity contribution in [2.75, 3.05) is 25.0 Å². The summed E-state index contributed by atoms with van der Waals surface area (Å²) in [6, 6.07) is 6.46. The molecule has 3 amide bonds. The van der Waals surface area contributed by atoms with Gasteiger partial charge < -0.3 is 20.3 Å². The zero-order chi connectivity index (χ0) is 20.7. The van der Waals surface area contributed by atoms with E-state index < -0.39 is 12.1 Å². The maximum atomic E-state index is 13.0. The zero-order valence-electron chi connectivity index (χ0n) is 17.2. The summed E-state index contributed by atoms with van der Waals surface area (Å²) < 4.78 is 5.07. The molecule has 1 fully saturated rings. The summed E-state index contributed by atoms with van der Waals surface area (Å²) >= 11 is 0. The van der Waals surface area contributed by atoms with Crippen molar-refractivity contribution in [2.45, 2.75) is 46.6 Å². The van der Waals surface area contributed by atoms with Crippen LogP contribution in [0.3, 0.4) is 0 Å². The number of carbonyl (C=O) groups excluding carboxylic acids is 3. The molecule has 0 aromatic heterocycles. The number of hydrogen-bond acceptors (Lipinski definition) is 4. The second kappa shape index (κ2) is 10.1. The maximum absolute atomic E-state index is 13.0. The van der Waals surface area contributed by atoms with E-state index >= 15 is 0 Å². The van der Waals surface area contributed by atoms with Crippen LogP contribution < -0.4 is 10.6 Å². The van der Waals surface area contributed by atoms with E-state index in [2.05, 4.69) is 10.6 Å². The van der Waals surface area contributed by atoms with Gasteiger partial charge in [-0.1, -0.05) is 26.0 Å². The molecule has 7 heteroatoms. The molecule has 1 aromatic rings. The highest BCUT2D eigenvalue weighted by molar-refractivity contribution is 5.94. The van der Waals surface area contributed by atoms with Crippen molar-refractivity contribution in [2.24, 2.45) is 11.8 Å². The predicted molar refractivity (Wildman–Crippen MR) is 108 cm³/mol. The third-order valence-corrected chi connectivity index (χ3v) is 4.92. The largest absolute Gasteiger partial charge is 0.466 e. The normalized spacial score (nSPS) is 15.8. The fourth-order valence-corrected chi connectivity index (χ4v) is 3.34. The molecule has 0 bridgehead atoms. The first-order valence-corrected chi connectivity index (χ1v) is 9.91. The van der Waals surface area contributed by atoms with Gasteiger partial charge in [0.05, 0.1) is 12.5 Å². The minimum atomic E-state index is -0.621. The molecule has 2 rings (SSSR count). The van der Waals surface area contributed by atoms with Gasteiger partial charge in [-0.05, 0) is 50.3 Å². The van der Waals surface area contributed by atoms with E-state index in [1.54, 1.807) is 17.9 Å². The van der Waals surface area contributed by atoms with Crippen LogP contribution in [-0.2, 0) is 14.3 Å². The number of benzene rings is 1. The molecule has 154 valence electrons. The highest BCUT2D eigenvalue weighted by Crippen LogP contribution is 2.20. The van der Waals surface area contributed by atoms with Gasteiger partial charge in [0.15, 0.2) is 0 Å². The number of ether oxygens (including phenoxy) is 1. The van der Waals surface area contributed by atoms with Crippen molar-refractivity contribution >= 4 is 23.6 Å². The third kappa shape index (κ3) is 5.97. The highest BCUT2D eigenvalue weighted by atomic mass is 16.5. The van der Waals surface area contributed by atoms with Crippen LogP contribution in [0.5, 0.6) is 0 Å². The number of anilines is 1. The summed E-state index contributed by atoms with van der Waals surface area (Å²) in [4.78, 5) is 38.9. The summed E-state index contributed by atoms with van der Waals surface area (Å²) in [6.45, 7) is 8.90. The Labute approximate surface area is 166 Å². The number of carbonyl (C=O) groups is 3. The van der Waals surface area contributed by atoms with Crippen LogP contribution in [0.1, 0.15) is 39.2 Å². The first-order valence-electron chi connectivity index (χ1n) is 9.91. The molecular weight excluding hydrogens is 358 g/mol. The number of nitrogens with one attached hydrogen (secondary N) is 2. The van der Waals surface area contributed by atoms with E-state index in [0.717, 1.165) is 5.56 Å². The lowest BCUT2D eigenvalue weighted by Gasteiger charge is -2.34. The summed E-state index contributed by atoms with van der Waals surface area (Å²) in [5, 5.41) is 5.58. The van der Waals surface area contributed by atoms with Gasteiger partial charge in [-0.3, -0.25) is 9.59 Å². The number of nitrogens with zero attached hydrogens (tertiary/aromatic N) is 1. The summed E-state index contributed by atoms with van der Waals surface area (Å²) in [7, 11) is 0. The Kier molecular flexibility index (Phi) is 7.84. The maximum Gasteiger partial charge on any atom is 0.319 e. The van der Waals surface area contributed by atoms with Crippen LogP contribution in [0, 0.1) is 18.8 Å². The van der Waals surface area contributed by atoms with E-state index in [1.807, 2.05) is 39.0 Å². The van der Waals surface area contributed by atoms with Gasteiger partial charge in [0, 0.05) is 18.8 Å². The first-order chi connectivity index (χ1) is 13.3. The van der Waals surface area contributed by atoms with Gasteiger partial charge in [0.25, 0.3) is 0 Å². The van der Waals surface area contributed by atoms with Gasteiger partial charge in [-0.15, -0.1) is 0 Å².